The lowest BCUT2D eigenvalue weighted by molar-refractivity contribution is 0.0180. The van der Waals surface area contributed by atoms with E-state index < -0.39 is 5.60 Å². The van der Waals surface area contributed by atoms with Crippen molar-refractivity contribution < 1.29 is 14.3 Å². The van der Waals surface area contributed by atoms with E-state index in [2.05, 4.69) is 29.3 Å². The van der Waals surface area contributed by atoms with Gasteiger partial charge in [0.1, 0.15) is 23.8 Å². The molecule has 0 atom stereocenters. The first kappa shape index (κ1) is 27.1. The molecule has 198 valence electrons. The largest absolute Gasteiger partial charge is 0.486 e. The number of para-hydroxylation sites is 1. The van der Waals surface area contributed by atoms with E-state index in [0.29, 0.717) is 17.5 Å². The summed E-state index contributed by atoms with van der Waals surface area (Å²) in [7, 11) is 0. The van der Waals surface area contributed by atoms with Crippen LogP contribution >= 0.6 is 11.6 Å². The van der Waals surface area contributed by atoms with E-state index in [1.54, 1.807) is 0 Å². The van der Waals surface area contributed by atoms with E-state index in [-0.39, 0.29) is 6.09 Å². The SMILES string of the molecule is C=CCc1cccc2c1nc(COc1ccc(Cl)cc1)n2CCCC1CCN(C(=O)OC(C)(C)C)CC1. The van der Waals surface area contributed by atoms with Gasteiger partial charge in [-0.25, -0.2) is 9.78 Å². The van der Waals surface area contributed by atoms with Crippen LogP contribution in [0, 0.1) is 5.92 Å². The van der Waals surface area contributed by atoms with Gasteiger partial charge in [-0.1, -0.05) is 29.8 Å². The Kier molecular flexibility index (Phi) is 8.80. The summed E-state index contributed by atoms with van der Waals surface area (Å²) in [4.78, 5) is 19.2. The van der Waals surface area contributed by atoms with Crippen molar-refractivity contribution in [3.63, 3.8) is 0 Å². The maximum absolute atomic E-state index is 12.4. The first-order valence-corrected chi connectivity index (χ1v) is 13.6. The molecule has 4 rings (SSSR count). The highest BCUT2D eigenvalue weighted by atomic mass is 35.5. The number of halogens is 1. The van der Waals surface area contributed by atoms with Crippen LogP contribution in [0.3, 0.4) is 0 Å². The standard InChI is InChI=1S/C30H38ClN3O3/c1-5-8-23-10-6-11-26-28(23)32-27(21-36-25-14-12-24(31)13-15-25)34(26)18-7-9-22-16-19-33(20-17-22)29(35)37-30(2,3)4/h5-6,10-15,22H,1,7-9,16-21H2,2-4H3. The molecule has 1 fully saturated rings. The Labute approximate surface area is 225 Å². The minimum Gasteiger partial charge on any atom is -0.486 e. The molecule has 1 amide bonds. The Bertz CT molecular complexity index is 1210. The van der Waals surface area contributed by atoms with Crippen molar-refractivity contribution in [1.29, 1.82) is 0 Å². The number of likely N-dealkylation sites (tertiary alicyclic amines) is 1. The molecule has 0 N–H and O–H groups in total. The quantitative estimate of drug-likeness (QED) is 0.274. The summed E-state index contributed by atoms with van der Waals surface area (Å²) in [6, 6.07) is 13.8. The van der Waals surface area contributed by atoms with Crippen LogP contribution in [0.2, 0.25) is 5.02 Å². The number of ether oxygens (including phenoxy) is 2. The Morgan fingerprint density at radius 2 is 1.89 bits per heavy atom. The zero-order valence-corrected chi connectivity index (χ0v) is 23.0. The number of aromatic nitrogens is 2. The number of fused-ring (bicyclic) bond motifs is 1. The van der Waals surface area contributed by atoms with Crippen LogP contribution in [0.5, 0.6) is 5.75 Å². The first-order valence-electron chi connectivity index (χ1n) is 13.2. The van der Waals surface area contributed by atoms with E-state index in [4.69, 9.17) is 26.1 Å². The fraction of sp³-hybridized carbons (Fsp3) is 0.467. The first-order chi connectivity index (χ1) is 17.7. The van der Waals surface area contributed by atoms with E-state index in [1.807, 2.05) is 56.0 Å². The molecule has 7 heteroatoms. The normalized spacial score (nSPS) is 14.6. The average Bonchev–Trinajstić information content (AvgIpc) is 3.22. The second-order valence-corrected chi connectivity index (χ2v) is 11.2. The summed E-state index contributed by atoms with van der Waals surface area (Å²) >= 11 is 6.02. The smallest absolute Gasteiger partial charge is 0.410 e. The molecule has 1 aliphatic rings. The van der Waals surface area contributed by atoms with Crippen molar-refractivity contribution in [2.45, 2.75) is 71.6 Å². The number of carbonyl (C=O) groups is 1. The molecule has 0 bridgehead atoms. The molecule has 0 aliphatic carbocycles. The molecule has 0 spiro atoms. The minimum atomic E-state index is -0.456. The predicted molar refractivity (Wildman–Crippen MR) is 149 cm³/mol. The lowest BCUT2D eigenvalue weighted by Gasteiger charge is -2.33. The van der Waals surface area contributed by atoms with Gasteiger partial charge in [-0.2, -0.15) is 0 Å². The third kappa shape index (κ3) is 7.29. The zero-order chi connectivity index (χ0) is 26.4. The van der Waals surface area contributed by atoms with Gasteiger partial charge in [0.15, 0.2) is 0 Å². The van der Waals surface area contributed by atoms with Crippen molar-refractivity contribution in [2.24, 2.45) is 5.92 Å². The Balaban J connectivity index is 1.40. The number of hydrogen-bond donors (Lipinski definition) is 0. The van der Waals surface area contributed by atoms with Crippen molar-refractivity contribution in [1.82, 2.24) is 14.5 Å². The third-order valence-electron chi connectivity index (χ3n) is 6.75. The van der Waals surface area contributed by atoms with E-state index in [0.717, 1.165) is 74.3 Å². The van der Waals surface area contributed by atoms with Crippen LogP contribution in [0.15, 0.2) is 55.1 Å². The summed E-state index contributed by atoms with van der Waals surface area (Å²) in [5.41, 5.74) is 2.87. The molecule has 2 heterocycles. The van der Waals surface area contributed by atoms with Gasteiger partial charge in [-0.15, -0.1) is 6.58 Å². The molecule has 0 saturated carbocycles. The van der Waals surface area contributed by atoms with Gasteiger partial charge in [0.05, 0.1) is 11.0 Å². The Hall–Kier alpha value is -2.99. The van der Waals surface area contributed by atoms with Gasteiger partial charge >= 0.3 is 6.09 Å². The number of rotatable bonds is 9. The predicted octanol–water partition coefficient (Wildman–Crippen LogP) is 7.42. The van der Waals surface area contributed by atoms with Crippen LogP contribution in [0.25, 0.3) is 11.0 Å². The number of aryl methyl sites for hydroxylation is 1. The Morgan fingerprint density at radius 3 is 2.57 bits per heavy atom. The van der Waals surface area contributed by atoms with Gasteiger partial charge < -0.3 is 18.9 Å². The fourth-order valence-electron chi connectivity index (χ4n) is 4.88. The van der Waals surface area contributed by atoms with E-state index in [1.165, 1.54) is 5.56 Å². The highest BCUT2D eigenvalue weighted by Crippen LogP contribution is 2.27. The summed E-state index contributed by atoms with van der Waals surface area (Å²) < 4.78 is 13.9. The number of piperidine rings is 1. The summed E-state index contributed by atoms with van der Waals surface area (Å²) in [6.07, 6.45) is 6.69. The zero-order valence-electron chi connectivity index (χ0n) is 22.2. The second kappa shape index (κ2) is 12.0. The molecular weight excluding hydrogens is 486 g/mol. The lowest BCUT2D eigenvalue weighted by Crippen LogP contribution is -2.41. The highest BCUT2D eigenvalue weighted by Gasteiger charge is 2.26. The number of allylic oxidation sites excluding steroid dienone is 1. The molecule has 0 unspecified atom stereocenters. The van der Waals surface area contributed by atoms with E-state index in [9.17, 15) is 4.79 Å². The van der Waals surface area contributed by atoms with Gasteiger partial charge in [0.2, 0.25) is 0 Å². The number of carbonyl (C=O) groups excluding carboxylic acids is 1. The summed E-state index contributed by atoms with van der Waals surface area (Å²) in [5.74, 6) is 2.30. The monoisotopic (exact) mass is 523 g/mol. The van der Waals surface area contributed by atoms with Crippen LogP contribution in [0.4, 0.5) is 4.79 Å². The lowest BCUT2D eigenvalue weighted by atomic mass is 9.92. The van der Waals surface area contributed by atoms with Crippen LogP contribution in [-0.4, -0.2) is 39.2 Å². The molecule has 1 aliphatic heterocycles. The van der Waals surface area contributed by atoms with Crippen molar-refractivity contribution >= 4 is 28.7 Å². The second-order valence-electron chi connectivity index (χ2n) is 10.8. The molecule has 37 heavy (non-hydrogen) atoms. The molecule has 0 radical (unpaired) electrons. The van der Waals surface area contributed by atoms with Crippen molar-refractivity contribution in [3.05, 3.63) is 71.5 Å². The molecule has 2 aromatic carbocycles. The summed E-state index contributed by atoms with van der Waals surface area (Å²) in [5, 5.41) is 0.686. The fourth-order valence-corrected chi connectivity index (χ4v) is 5.01. The Morgan fingerprint density at radius 1 is 1.16 bits per heavy atom. The van der Waals surface area contributed by atoms with E-state index >= 15 is 0 Å². The van der Waals surface area contributed by atoms with Crippen LogP contribution in [-0.2, 0) is 24.3 Å². The average molecular weight is 524 g/mol. The number of imidazole rings is 1. The number of amides is 1. The van der Waals surface area contributed by atoms with Gasteiger partial charge in [-0.05, 0) is 94.7 Å². The topological polar surface area (TPSA) is 56.6 Å². The van der Waals surface area contributed by atoms with Crippen LogP contribution in [0.1, 0.15) is 57.8 Å². The maximum atomic E-state index is 12.4. The number of hydrogen-bond acceptors (Lipinski definition) is 4. The maximum Gasteiger partial charge on any atom is 0.410 e. The molecule has 1 aromatic heterocycles. The van der Waals surface area contributed by atoms with Crippen molar-refractivity contribution in [2.75, 3.05) is 13.1 Å². The third-order valence-corrected chi connectivity index (χ3v) is 7.00. The molecule has 6 nitrogen and oxygen atoms in total. The summed E-state index contributed by atoms with van der Waals surface area (Å²) in [6.45, 7) is 12.4. The molecule has 1 saturated heterocycles. The van der Waals surface area contributed by atoms with Crippen molar-refractivity contribution in [3.8, 4) is 5.75 Å². The van der Waals surface area contributed by atoms with Crippen LogP contribution < -0.4 is 4.74 Å². The van der Waals surface area contributed by atoms with Gasteiger partial charge in [0, 0.05) is 24.7 Å². The molecular formula is C30H38ClN3O3. The highest BCUT2D eigenvalue weighted by molar-refractivity contribution is 6.30. The molecule has 3 aromatic rings. The number of benzene rings is 2. The minimum absolute atomic E-state index is 0.198. The van der Waals surface area contributed by atoms with Gasteiger partial charge in [0.25, 0.3) is 0 Å². The number of nitrogens with zero attached hydrogens (tertiary/aromatic N) is 3. The van der Waals surface area contributed by atoms with Gasteiger partial charge in [-0.3, -0.25) is 0 Å².